The molecule has 0 saturated carbocycles. The van der Waals surface area contributed by atoms with Gasteiger partial charge in [0.2, 0.25) is 0 Å². The summed E-state index contributed by atoms with van der Waals surface area (Å²) in [4.78, 5) is 23.4. The number of fused-ring (bicyclic) bond motifs is 1. The molecule has 27 heavy (non-hydrogen) atoms. The molecule has 1 N–H and O–H groups in total. The van der Waals surface area contributed by atoms with E-state index in [0.29, 0.717) is 17.8 Å². The lowest BCUT2D eigenvalue weighted by atomic mass is 10.1. The summed E-state index contributed by atoms with van der Waals surface area (Å²) in [5.74, 6) is 0.694. The van der Waals surface area contributed by atoms with Gasteiger partial charge in [-0.3, -0.25) is 9.69 Å². The molecule has 0 radical (unpaired) electrons. The molecule has 0 aliphatic heterocycles. The first-order valence-corrected chi connectivity index (χ1v) is 9.82. The van der Waals surface area contributed by atoms with Gasteiger partial charge in [0.05, 0.1) is 11.9 Å². The van der Waals surface area contributed by atoms with Crippen molar-refractivity contribution in [2.24, 2.45) is 0 Å². The van der Waals surface area contributed by atoms with E-state index in [2.05, 4.69) is 28.9 Å². The topological polar surface area (TPSA) is 49.0 Å². The Labute approximate surface area is 162 Å². The third-order valence-electron chi connectivity index (χ3n) is 4.92. The summed E-state index contributed by atoms with van der Waals surface area (Å²) in [5, 5.41) is 2.69. The van der Waals surface area contributed by atoms with E-state index in [9.17, 15) is 4.79 Å². The second-order valence-electron chi connectivity index (χ2n) is 6.71. The first kappa shape index (κ1) is 17.6. The SMILES string of the molecule is C[C@H](c1ccccc1)N(C)Cc1nc2scc(-c3ccccc3)c2c(=O)[nH]1. The summed E-state index contributed by atoms with van der Waals surface area (Å²) in [6.07, 6.45) is 0. The minimum atomic E-state index is -0.0733. The molecule has 0 amide bonds. The summed E-state index contributed by atoms with van der Waals surface area (Å²) >= 11 is 1.52. The number of thiophene rings is 1. The molecule has 0 fully saturated rings. The van der Waals surface area contributed by atoms with Crippen LogP contribution in [-0.4, -0.2) is 21.9 Å². The predicted molar refractivity (Wildman–Crippen MR) is 112 cm³/mol. The van der Waals surface area contributed by atoms with Gasteiger partial charge in [-0.05, 0) is 25.1 Å². The van der Waals surface area contributed by atoms with Gasteiger partial charge in [0.15, 0.2) is 0 Å². The monoisotopic (exact) mass is 375 g/mol. The van der Waals surface area contributed by atoms with Crippen molar-refractivity contribution in [2.75, 3.05) is 7.05 Å². The van der Waals surface area contributed by atoms with E-state index in [-0.39, 0.29) is 11.6 Å². The van der Waals surface area contributed by atoms with Crippen LogP contribution in [0.25, 0.3) is 21.3 Å². The average Bonchev–Trinajstić information content (AvgIpc) is 3.13. The van der Waals surface area contributed by atoms with Crippen molar-refractivity contribution in [3.63, 3.8) is 0 Å². The van der Waals surface area contributed by atoms with Crippen LogP contribution >= 0.6 is 11.3 Å². The van der Waals surface area contributed by atoms with E-state index >= 15 is 0 Å². The summed E-state index contributed by atoms with van der Waals surface area (Å²) in [6, 6.07) is 20.5. The Morgan fingerprint density at radius 1 is 1.07 bits per heavy atom. The molecule has 2 aromatic heterocycles. The van der Waals surface area contributed by atoms with Gasteiger partial charge >= 0.3 is 0 Å². The third kappa shape index (κ3) is 3.56. The number of nitrogens with one attached hydrogen (secondary N) is 1. The molecule has 0 aliphatic carbocycles. The Kier molecular flexibility index (Phi) is 4.88. The fraction of sp³-hybridized carbons (Fsp3) is 0.182. The van der Waals surface area contributed by atoms with Crippen molar-refractivity contribution < 1.29 is 0 Å². The fourth-order valence-electron chi connectivity index (χ4n) is 3.26. The molecule has 0 unspecified atom stereocenters. The largest absolute Gasteiger partial charge is 0.309 e. The number of rotatable bonds is 5. The molecule has 2 aromatic carbocycles. The second kappa shape index (κ2) is 7.47. The van der Waals surface area contributed by atoms with Crippen molar-refractivity contribution in [2.45, 2.75) is 19.5 Å². The second-order valence-corrected chi connectivity index (χ2v) is 7.57. The summed E-state index contributed by atoms with van der Waals surface area (Å²) in [6.45, 7) is 2.74. The van der Waals surface area contributed by atoms with Gasteiger partial charge < -0.3 is 4.98 Å². The minimum Gasteiger partial charge on any atom is -0.309 e. The van der Waals surface area contributed by atoms with Crippen molar-refractivity contribution >= 4 is 21.6 Å². The molecule has 2 heterocycles. The van der Waals surface area contributed by atoms with Gasteiger partial charge in [0.25, 0.3) is 5.56 Å². The van der Waals surface area contributed by atoms with E-state index in [4.69, 9.17) is 4.98 Å². The van der Waals surface area contributed by atoms with E-state index in [1.165, 1.54) is 16.9 Å². The molecule has 1 atom stereocenters. The zero-order chi connectivity index (χ0) is 18.8. The molecule has 0 bridgehead atoms. The van der Waals surface area contributed by atoms with Crippen LogP contribution in [0.4, 0.5) is 0 Å². The highest BCUT2D eigenvalue weighted by molar-refractivity contribution is 7.17. The Bertz CT molecular complexity index is 1100. The van der Waals surface area contributed by atoms with E-state index in [1.807, 2.05) is 61.0 Å². The molecular weight excluding hydrogens is 354 g/mol. The maximum absolute atomic E-state index is 12.8. The number of aromatic nitrogens is 2. The van der Waals surface area contributed by atoms with Crippen LogP contribution in [0.5, 0.6) is 0 Å². The van der Waals surface area contributed by atoms with Gasteiger partial charge in [0.1, 0.15) is 10.7 Å². The van der Waals surface area contributed by atoms with Gasteiger partial charge in [-0.1, -0.05) is 60.7 Å². The van der Waals surface area contributed by atoms with Crippen LogP contribution < -0.4 is 5.56 Å². The molecule has 4 nitrogen and oxygen atoms in total. The molecule has 5 heteroatoms. The number of H-pyrrole nitrogens is 1. The van der Waals surface area contributed by atoms with Crippen molar-refractivity contribution in [1.82, 2.24) is 14.9 Å². The van der Waals surface area contributed by atoms with Crippen LogP contribution in [-0.2, 0) is 6.54 Å². The van der Waals surface area contributed by atoms with Crippen LogP contribution in [0, 0.1) is 0 Å². The smallest absolute Gasteiger partial charge is 0.260 e. The highest BCUT2D eigenvalue weighted by Crippen LogP contribution is 2.30. The zero-order valence-corrected chi connectivity index (χ0v) is 16.2. The standard InChI is InChI=1S/C22H21N3OS/c1-15(16-9-5-3-6-10-16)25(2)13-19-23-21(26)20-18(14-27-22(20)24-19)17-11-7-4-8-12-17/h3-12,14-15H,13H2,1-2H3,(H,23,24,26)/t15-/m1/s1. The zero-order valence-electron chi connectivity index (χ0n) is 15.3. The number of benzene rings is 2. The van der Waals surface area contributed by atoms with Crippen LogP contribution in [0.15, 0.2) is 70.8 Å². The van der Waals surface area contributed by atoms with Crippen molar-refractivity contribution in [3.8, 4) is 11.1 Å². The highest BCUT2D eigenvalue weighted by Gasteiger charge is 2.16. The van der Waals surface area contributed by atoms with Gasteiger partial charge in [-0.2, -0.15) is 0 Å². The maximum Gasteiger partial charge on any atom is 0.260 e. The Hall–Kier alpha value is -2.76. The lowest BCUT2D eigenvalue weighted by Crippen LogP contribution is -2.24. The molecule has 0 saturated heterocycles. The fourth-order valence-corrected chi connectivity index (χ4v) is 4.22. The number of hydrogen-bond donors (Lipinski definition) is 1. The molecule has 0 spiro atoms. The minimum absolute atomic E-state index is 0.0733. The van der Waals surface area contributed by atoms with Crippen LogP contribution in [0.3, 0.4) is 0 Å². The maximum atomic E-state index is 12.8. The molecule has 136 valence electrons. The summed E-state index contributed by atoms with van der Waals surface area (Å²) in [7, 11) is 2.05. The Balaban J connectivity index is 1.64. The van der Waals surface area contributed by atoms with Gasteiger partial charge in [-0.25, -0.2) is 4.98 Å². The summed E-state index contributed by atoms with van der Waals surface area (Å²) < 4.78 is 0. The van der Waals surface area contributed by atoms with E-state index in [0.717, 1.165) is 16.0 Å². The number of hydrogen-bond acceptors (Lipinski definition) is 4. The third-order valence-corrected chi connectivity index (χ3v) is 5.79. The molecule has 4 rings (SSSR count). The van der Waals surface area contributed by atoms with Crippen molar-refractivity contribution in [3.05, 3.63) is 87.8 Å². The Morgan fingerprint density at radius 3 is 2.44 bits per heavy atom. The molecule has 0 aliphatic rings. The number of aromatic amines is 1. The quantitative estimate of drug-likeness (QED) is 0.543. The molecular formula is C22H21N3OS. The lowest BCUT2D eigenvalue weighted by molar-refractivity contribution is 0.247. The normalized spacial score (nSPS) is 12.6. The highest BCUT2D eigenvalue weighted by atomic mass is 32.1. The van der Waals surface area contributed by atoms with E-state index in [1.54, 1.807) is 0 Å². The van der Waals surface area contributed by atoms with E-state index < -0.39 is 0 Å². The predicted octanol–water partition coefficient (Wildman–Crippen LogP) is 4.84. The van der Waals surface area contributed by atoms with Crippen LogP contribution in [0.2, 0.25) is 0 Å². The number of nitrogens with zero attached hydrogens (tertiary/aromatic N) is 2. The van der Waals surface area contributed by atoms with Crippen molar-refractivity contribution in [1.29, 1.82) is 0 Å². The first-order valence-electron chi connectivity index (χ1n) is 8.94. The van der Waals surface area contributed by atoms with Crippen LogP contribution in [0.1, 0.15) is 24.4 Å². The Morgan fingerprint density at radius 2 is 1.74 bits per heavy atom. The van der Waals surface area contributed by atoms with Gasteiger partial charge in [0, 0.05) is 17.0 Å². The average molecular weight is 375 g/mol. The molecule has 4 aromatic rings. The lowest BCUT2D eigenvalue weighted by Gasteiger charge is -2.24. The first-order chi connectivity index (χ1) is 13.1. The summed E-state index contributed by atoms with van der Waals surface area (Å²) in [5.41, 5.74) is 3.15. The van der Waals surface area contributed by atoms with Gasteiger partial charge in [-0.15, -0.1) is 11.3 Å².